The third-order valence-electron chi connectivity index (χ3n) is 4.89. The fourth-order valence-corrected chi connectivity index (χ4v) is 3.40. The predicted molar refractivity (Wildman–Crippen MR) is 87.3 cm³/mol. The second-order valence-electron chi connectivity index (χ2n) is 6.40. The Morgan fingerprint density at radius 1 is 1.38 bits per heavy atom. The summed E-state index contributed by atoms with van der Waals surface area (Å²) in [6.07, 6.45) is 6.37. The summed E-state index contributed by atoms with van der Waals surface area (Å²) in [5.74, 6) is 0. The summed E-state index contributed by atoms with van der Waals surface area (Å²) in [6.45, 7) is 10.8. The number of nitrogens with two attached hydrogens (primary N) is 1. The Hall–Kier alpha value is -0.910. The molecule has 2 heterocycles. The Labute approximate surface area is 129 Å². The molecule has 120 valence electrons. The molecule has 0 radical (unpaired) electrons. The van der Waals surface area contributed by atoms with Gasteiger partial charge < -0.3 is 15.2 Å². The van der Waals surface area contributed by atoms with E-state index in [4.69, 9.17) is 5.73 Å². The number of hydrogen-bond acceptors (Lipinski definition) is 4. The summed E-state index contributed by atoms with van der Waals surface area (Å²) < 4.78 is 2.25. The molecule has 2 rings (SSSR count). The van der Waals surface area contributed by atoms with Gasteiger partial charge in [-0.15, -0.1) is 0 Å². The number of rotatable bonds is 6. The highest BCUT2D eigenvalue weighted by Gasteiger charge is 2.28. The molecule has 1 aliphatic heterocycles. The fraction of sp³-hybridized carbons (Fsp3) is 0.812. The van der Waals surface area contributed by atoms with Crippen molar-refractivity contribution in [3.63, 3.8) is 0 Å². The molecule has 1 unspecified atom stereocenters. The number of aromatic nitrogens is 2. The first-order chi connectivity index (χ1) is 10.1. The summed E-state index contributed by atoms with van der Waals surface area (Å²) in [5.41, 5.74) is 7.34. The summed E-state index contributed by atoms with van der Waals surface area (Å²) >= 11 is 0. The molecule has 1 fully saturated rings. The number of hydrogen-bond donors (Lipinski definition) is 1. The third-order valence-corrected chi connectivity index (χ3v) is 4.89. The molecular formula is C16H31N5. The summed E-state index contributed by atoms with van der Waals surface area (Å²) in [6, 6.07) is 1.30. The standard InChI is InChI=1S/C16H31N5/c1-5-20-8-6-14(7-9-20)19(4)15(10-17)16-11-18-12-21(16)13(2)3/h11-15H,5-10,17H2,1-4H3. The molecule has 0 spiro atoms. The van der Waals surface area contributed by atoms with E-state index in [1.54, 1.807) is 0 Å². The topological polar surface area (TPSA) is 50.3 Å². The first-order valence-electron chi connectivity index (χ1n) is 8.24. The Morgan fingerprint density at radius 2 is 2.05 bits per heavy atom. The zero-order chi connectivity index (χ0) is 15.4. The average Bonchev–Trinajstić information content (AvgIpc) is 2.97. The first-order valence-corrected chi connectivity index (χ1v) is 8.24. The van der Waals surface area contributed by atoms with Gasteiger partial charge in [0.05, 0.1) is 18.1 Å². The van der Waals surface area contributed by atoms with E-state index >= 15 is 0 Å². The molecule has 0 saturated carbocycles. The molecule has 2 N–H and O–H groups in total. The van der Waals surface area contributed by atoms with Crippen molar-refractivity contribution in [1.29, 1.82) is 0 Å². The maximum absolute atomic E-state index is 6.10. The van der Waals surface area contributed by atoms with Crippen LogP contribution in [-0.4, -0.2) is 58.6 Å². The van der Waals surface area contributed by atoms with Crippen LogP contribution in [0.25, 0.3) is 0 Å². The molecule has 21 heavy (non-hydrogen) atoms. The molecule has 1 aromatic heterocycles. The number of likely N-dealkylation sites (tertiary alicyclic amines) is 1. The minimum absolute atomic E-state index is 0.257. The van der Waals surface area contributed by atoms with Gasteiger partial charge in [-0.25, -0.2) is 4.98 Å². The predicted octanol–water partition coefficient (Wildman–Crippen LogP) is 1.88. The summed E-state index contributed by atoms with van der Waals surface area (Å²) in [5, 5.41) is 0. The van der Waals surface area contributed by atoms with Gasteiger partial charge in [-0.1, -0.05) is 6.92 Å². The lowest BCUT2D eigenvalue weighted by atomic mass is 10.0. The van der Waals surface area contributed by atoms with Crippen LogP contribution in [0.5, 0.6) is 0 Å². The second-order valence-corrected chi connectivity index (χ2v) is 6.40. The van der Waals surface area contributed by atoms with Gasteiger partial charge in [-0.2, -0.15) is 0 Å². The van der Waals surface area contributed by atoms with Gasteiger partial charge in [0.15, 0.2) is 0 Å². The highest BCUT2D eigenvalue weighted by atomic mass is 15.2. The van der Waals surface area contributed by atoms with Crippen LogP contribution in [-0.2, 0) is 0 Å². The molecule has 1 aliphatic rings. The fourth-order valence-electron chi connectivity index (χ4n) is 3.40. The smallest absolute Gasteiger partial charge is 0.0951 e. The number of imidazole rings is 1. The van der Waals surface area contributed by atoms with Crippen molar-refractivity contribution in [2.45, 2.75) is 51.7 Å². The van der Waals surface area contributed by atoms with Crippen LogP contribution < -0.4 is 5.73 Å². The minimum Gasteiger partial charge on any atom is -0.331 e. The number of likely N-dealkylation sites (N-methyl/N-ethyl adjacent to an activating group) is 1. The van der Waals surface area contributed by atoms with E-state index in [9.17, 15) is 0 Å². The van der Waals surface area contributed by atoms with Crippen molar-refractivity contribution in [2.75, 3.05) is 33.2 Å². The SMILES string of the molecule is CCN1CCC(N(C)C(CN)c2cncn2C(C)C)CC1. The van der Waals surface area contributed by atoms with Crippen LogP contribution in [0.4, 0.5) is 0 Å². The van der Waals surface area contributed by atoms with Gasteiger partial charge in [0.2, 0.25) is 0 Å². The van der Waals surface area contributed by atoms with E-state index in [0.29, 0.717) is 18.6 Å². The van der Waals surface area contributed by atoms with Gasteiger partial charge in [0, 0.05) is 24.8 Å². The molecule has 0 aliphatic carbocycles. The van der Waals surface area contributed by atoms with E-state index in [1.165, 1.54) is 31.6 Å². The lowest BCUT2D eigenvalue weighted by Crippen LogP contribution is -2.46. The van der Waals surface area contributed by atoms with Gasteiger partial charge in [0.1, 0.15) is 0 Å². The molecule has 1 saturated heterocycles. The molecule has 0 amide bonds. The molecule has 5 heteroatoms. The minimum atomic E-state index is 0.257. The van der Waals surface area contributed by atoms with E-state index in [1.807, 2.05) is 12.5 Å². The Balaban J connectivity index is 2.08. The highest BCUT2D eigenvalue weighted by Crippen LogP contribution is 2.26. The van der Waals surface area contributed by atoms with Crippen molar-refractivity contribution in [2.24, 2.45) is 5.73 Å². The van der Waals surface area contributed by atoms with E-state index < -0.39 is 0 Å². The van der Waals surface area contributed by atoms with E-state index in [-0.39, 0.29) is 6.04 Å². The molecular weight excluding hydrogens is 262 g/mol. The van der Waals surface area contributed by atoms with Gasteiger partial charge in [-0.3, -0.25) is 4.90 Å². The lowest BCUT2D eigenvalue weighted by Gasteiger charge is -2.40. The highest BCUT2D eigenvalue weighted by molar-refractivity contribution is 5.08. The van der Waals surface area contributed by atoms with Crippen LogP contribution in [0.15, 0.2) is 12.5 Å². The number of piperidine rings is 1. The Kier molecular flexibility index (Phi) is 5.79. The number of nitrogens with zero attached hydrogens (tertiary/aromatic N) is 4. The maximum Gasteiger partial charge on any atom is 0.0951 e. The zero-order valence-corrected chi connectivity index (χ0v) is 14.0. The molecule has 0 aromatic carbocycles. The van der Waals surface area contributed by atoms with Crippen LogP contribution in [0.3, 0.4) is 0 Å². The molecule has 5 nitrogen and oxygen atoms in total. The summed E-state index contributed by atoms with van der Waals surface area (Å²) in [4.78, 5) is 9.34. The van der Waals surface area contributed by atoms with Crippen molar-refractivity contribution >= 4 is 0 Å². The van der Waals surface area contributed by atoms with Crippen LogP contribution in [0, 0.1) is 0 Å². The van der Waals surface area contributed by atoms with Crippen molar-refractivity contribution in [3.05, 3.63) is 18.2 Å². The first kappa shape index (κ1) is 16.5. The average molecular weight is 293 g/mol. The maximum atomic E-state index is 6.10. The largest absolute Gasteiger partial charge is 0.331 e. The van der Waals surface area contributed by atoms with Crippen LogP contribution in [0.2, 0.25) is 0 Å². The van der Waals surface area contributed by atoms with Gasteiger partial charge >= 0.3 is 0 Å². The van der Waals surface area contributed by atoms with Gasteiger partial charge in [-0.05, 0) is 53.4 Å². The quantitative estimate of drug-likeness (QED) is 0.870. The van der Waals surface area contributed by atoms with Crippen molar-refractivity contribution in [1.82, 2.24) is 19.4 Å². The lowest BCUT2D eigenvalue weighted by molar-refractivity contribution is 0.0974. The third kappa shape index (κ3) is 3.65. The van der Waals surface area contributed by atoms with Crippen molar-refractivity contribution in [3.8, 4) is 0 Å². The second kappa shape index (κ2) is 7.38. The van der Waals surface area contributed by atoms with Crippen LogP contribution >= 0.6 is 0 Å². The van der Waals surface area contributed by atoms with Gasteiger partial charge in [0.25, 0.3) is 0 Å². The Morgan fingerprint density at radius 3 is 2.57 bits per heavy atom. The van der Waals surface area contributed by atoms with Crippen LogP contribution in [0.1, 0.15) is 51.4 Å². The summed E-state index contributed by atoms with van der Waals surface area (Å²) in [7, 11) is 2.22. The Bertz CT molecular complexity index is 420. The zero-order valence-electron chi connectivity index (χ0n) is 14.0. The molecule has 0 bridgehead atoms. The molecule has 1 aromatic rings. The monoisotopic (exact) mass is 293 g/mol. The normalized spacial score (nSPS) is 19.6. The molecule has 1 atom stereocenters. The van der Waals surface area contributed by atoms with E-state index in [0.717, 1.165) is 6.54 Å². The van der Waals surface area contributed by atoms with Crippen molar-refractivity contribution < 1.29 is 0 Å². The van der Waals surface area contributed by atoms with E-state index in [2.05, 4.69) is 47.2 Å².